The van der Waals surface area contributed by atoms with Crippen molar-refractivity contribution in [2.75, 3.05) is 30.8 Å². The molecule has 0 saturated heterocycles. The Bertz CT molecular complexity index is 883. The zero-order valence-electron chi connectivity index (χ0n) is 14.6. The van der Waals surface area contributed by atoms with Crippen molar-refractivity contribution in [2.24, 2.45) is 0 Å². The molecule has 0 aliphatic carbocycles. The maximum absolute atomic E-state index is 12.0. The lowest BCUT2D eigenvalue weighted by Gasteiger charge is -2.12. The van der Waals surface area contributed by atoms with Crippen molar-refractivity contribution in [1.82, 2.24) is 20.1 Å². The summed E-state index contributed by atoms with van der Waals surface area (Å²) < 4.78 is 7.06. The topological polar surface area (TPSA) is 93.1 Å². The highest BCUT2D eigenvalue weighted by Gasteiger charge is 2.07. The number of carbonyl (C=O) groups is 1. The van der Waals surface area contributed by atoms with Crippen molar-refractivity contribution < 1.29 is 9.53 Å². The summed E-state index contributed by atoms with van der Waals surface area (Å²) >= 11 is 5.94. The van der Waals surface area contributed by atoms with E-state index in [2.05, 4.69) is 26.1 Å². The van der Waals surface area contributed by atoms with Crippen LogP contribution in [0.5, 0.6) is 5.75 Å². The quantitative estimate of drug-likeness (QED) is 0.542. The highest BCUT2D eigenvalue weighted by atomic mass is 35.5. The molecule has 2 heterocycles. The predicted molar refractivity (Wildman–Crippen MR) is 105 cm³/mol. The molecule has 0 saturated carbocycles. The lowest BCUT2D eigenvalue weighted by Crippen LogP contribution is -2.32. The number of anilines is 2. The smallest absolute Gasteiger partial charge is 0.319 e. The van der Waals surface area contributed by atoms with Crippen LogP contribution in [-0.4, -0.2) is 41.0 Å². The summed E-state index contributed by atoms with van der Waals surface area (Å²) in [5.41, 5.74) is 0.502. The number of halogens is 1. The van der Waals surface area contributed by atoms with Crippen molar-refractivity contribution >= 4 is 29.1 Å². The van der Waals surface area contributed by atoms with Gasteiger partial charge in [-0.15, -0.1) is 10.2 Å². The van der Waals surface area contributed by atoms with Crippen molar-refractivity contribution in [1.29, 1.82) is 0 Å². The third kappa shape index (κ3) is 5.11. The predicted octanol–water partition coefficient (Wildman–Crippen LogP) is 3.16. The number of rotatable bonds is 7. The van der Waals surface area contributed by atoms with Gasteiger partial charge in [-0.3, -0.25) is 0 Å². The highest BCUT2D eigenvalue weighted by molar-refractivity contribution is 6.31. The molecule has 0 spiro atoms. The molecule has 2 amide bonds. The van der Waals surface area contributed by atoms with E-state index in [1.54, 1.807) is 18.2 Å². The molecule has 0 aliphatic rings. The third-order valence-electron chi connectivity index (χ3n) is 3.65. The van der Waals surface area contributed by atoms with Crippen LogP contribution in [-0.2, 0) is 0 Å². The molecule has 1 aromatic carbocycles. The number of nitrogens with zero attached hydrogens (tertiary/aromatic N) is 3. The van der Waals surface area contributed by atoms with Gasteiger partial charge in [-0.05, 0) is 42.5 Å². The zero-order chi connectivity index (χ0) is 19.1. The van der Waals surface area contributed by atoms with Crippen molar-refractivity contribution in [3.8, 4) is 11.6 Å². The summed E-state index contributed by atoms with van der Waals surface area (Å²) in [4.78, 5) is 12.0. The largest absolute Gasteiger partial charge is 0.495 e. The SMILES string of the molecule is COc1ccc(Cl)cc1NC(=O)NCCNc1ccc(-n2cccc2)nn1. The van der Waals surface area contributed by atoms with Crippen molar-refractivity contribution in [2.45, 2.75) is 0 Å². The van der Waals surface area contributed by atoms with Gasteiger partial charge in [0, 0.05) is 30.5 Å². The second-order valence-electron chi connectivity index (χ2n) is 5.52. The van der Waals surface area contributed by atoms with Crippen molar-refractivity contribution in [3.63, 3.8) is 0 Å². The summed E-state index contributed by atoms with van der Waals surface area (Å²) in [5, 5.41) is 17.3. The number of aromatic nitrogens is 3. The van der Waals surface area contributed by atoms with Gasteiger partial charge in [0.05, 0.1) is 12.8 Å². The number of carbonyl (C=O) groups excluding carboxylic acids is 1. The van der Waals surface area contributed by atoms with Gasteiger partial charge in [-0.1, -0.05) is 11.6 Å². The summed E-state index contributed by atoms with van der Waals surface area (Å²) in [5.74, 6) is 1.90. The first-order chi connectivity index (χ1) is 13.2. The number of hydrogen-bond acceptors (Lipinski definition) is 5. The van der Waals surface area contributed by atoms with E-state index in [1.807, 2.05) is 41.2 Å². The molecule has 0 atom stereocenters. The maximum atomic E-state index is 12.0. The summed E-state index contributed by atoms with van der Waals surface area (Å²) in [6.45, 7) is 0.896. The van der Waals surface area contributed by atoms with Crippen LogP contribution in [0, 0.1) is 0 Å². The van der Waals surface area contributed by atoms with Gasteiger partial charge >= 0.3 is 6.03 Å². The van der Waals surface area contributed by atoms with E-state index in [9.17, 15) is 4.79 Å². The highest BCUT2D eigenvalue weighted by Crippen LogP contribution is 2.27. The average molecular weight is 387 g/mol. The fourth-order valence-electron chi connectivity index (χ4n) is 2.36. The Kier molecular flexibility index (Phi) is 6.11. The summed E-state index contributed by atoms with van der Waals surface area (Å²) in [6, 6.07) is 12.2. The van der Waals surface area contributed by atoms with E-state index in [0.717, 1.165) is 5.82 Å². The van der Waals surface area contributed by atoms with Crippen LogP contribution in [0.4, 0.5) is 16.3 Å². The Morgan fingerprint density at radius 3 is 2.67 bits per heavy atom. The van der Waals surface area contributed by atoms with Gasteiger partial charge in [-0.2, -0.15) is 0 Å². The minimum Gasteiger partial charge on any atom is -0.495 e. The van der Waals surface area contributed by atoms with Crippen LogP contribution in [0.1, 0.15) is 0 Å². The fourth-order valence-corrected chi connectivity index (χ4v) is 2.53. The third-order valence-corrected chi connectivity index (χ3v) is 3.88. The van der Waals surface area contributed by atoms with Crippen LogP contribution in [0.15, 0.2) is 54.9 Å². The number of hydrogen-bond donors (Lipinski definition) is 3. The Morgan fingerprint density at radius 1 is 1.15 bits per heavy atom. The van der Waals surface area contributed by atoms with Crippen LogP contribution in [0.25, 0.3) is 5.82 Å². The monoisotopic (exact) mass is 386 g/mol. The van der Waals surface area contributed by atoms with Crippen LogP contribution >= 0.6 is 11.6 Å². The van der Waals surface area contributed by atoms with Gasteiger partial charge in [0.15, 0.2) is 5.82 Å². The van der Waals surface area contributed by atoms with Crippen molar-refractivity contribution in [3.05, 3.63) is 59.9 Å². The van der Waals surface area contributed by atoms with Gasteiger partial charge in [0.2, 0.25) is 0 Å². The molecule has 140 valence electrons. The molecule has 0 fully saturated rings. The molecule has 3 N–H and O–H groups in total. The molecule has 0 bridgehead atoms. The lowest BCUT2D eigenvalue weighted by molar-refractivity contribution is 0.252. The molecule has 27 heavy (non-hydrogen) atoms. The maximum Gasteiger partial charge on any atom is 0.319 e. The standard InChI is InChI=1S/C18H19ClN6O2/c1-27-15-5-4-13(19)12-14(15)22-18(26)21-9-8-20-16-6-7-17(24-23-16)25-10-2-3-11-25/h2-7,10-12H,8-9H2,1H3,(H,20,23)(H2,21,22,26). The fraction of sp³-hybridized carbons (Fsp3) is 0.167. The Labute approximate surface area is 161 Å². The summed E-state index contributed by atoms with van der Waals surface area (Å²) in [7, 11) is 1.53. The van der Waals surface area contributed by atoms with E-state index in [0.29, 0.717) is 35.4 Å². The molecule has 0 aliphatic heterocycles. The van der Waals surface area contributed by atoms with Gasteiger partial charge in [0.25, 0.3) is 0 Å². The lowest BCUT2D eigenvalue weighted by atomic mass is 10.3. The molecule has 0 unspecified atom stereocenters. The first-order valence-electron chi connectivity index (χ1n) is 8.25. The molecule has 9 heteroatoms. The van der Waals surface area contributed by atoms with E-state index < -0.39 is 0 Å². The first-order valence-corrected chi connectivity index (χ1v) is 8.63. The second-order valence-corrected chi connectivity index (χ2v) is 5.96. The number of benzene rings is 1. The van der Waals surface area contributed by atoms with E-state index in [4.69, 9.17) is 16.3 Å². The molecule has 3 aromatic rings. The average Bonchev–Trinajstić information content (AvgIpc) is 3.21. The Hall–Kier alpha value is -3.26. The number of ether oxygens (including phenoxy) is 1. The van der Waals surface area contributed by atoms with Gasteiger partial charge in [-0.25, -0.2) is 4.79 Å². The van der Waals surface area contributed by atoms with Gasteiger partial charge < -0.3 is 25.3 Å². The van der Waals surface area contributed by atoms with Crippen LogP contribution in [0.3, 0.4) is 0 Å². The van der Waals surface area contributed by atoms with E-state index >= 15 is 0 Å². The van der Waals surface area contributed by atoms with Gasteiger partial charge in [0.1, 0.15) is 11.6 Å². The normalized spacial score (nSPS) is 10.3. The number of amides is 2. The minimum atomic E-state index is -0.355. The zero-order valence-corrected chi connectivity index (χ0v) is 15.4. The molecular weight excluding hydrogens is 368 g/mol. The molecule has 8 nitrogen and oxygen atoms in total. The number of nitrogens with one attached hydrogen (secondary N) is 3. The molecule has 0 radical (unpaired) electrons. The van der Waals surface area contributed by atoms with E-state index in [-0.39, 0.29) is 6.03 Å². The Morgan fingerprint density at radius 2 is 1.96 bits per heavy atom. The molecular formula is C18H19ClN6O2. The number of methoxy groups -OCH3 is 1. The minimum absolute atomic E-state index is 0.355. The summed E-state index contributed by atoms with van der Waals surface area (Å²) in [6.07, 6.45) is 3.79. The molecule has 3 rings (SSSR count). The van der Waals surface area contributed by atoms with Crippen LogP contribution < -0.4 is 20.7 Å². The number of urea groups is 1. The first kappa shape index (κ1) is 18.5. The Balaban J connectivity index is 1.43. The van der Waals surface area contributed by atoms with Crippen LogP contribution in [0.2, 0.25) is 5.02 Å². The van der Waals surface area contributed by atoms with E-state index in [1.165, 1.54) is 7.11 Å². The molecule has 2 aromatic heterocycles. The second kappa shape index (κ2) is 8.91.